The van der Waals surface area contributed by atoms with E-state index in [0.717, 1.165) is 56.4 Å². The van der Waals surface area contributed by atoms with Gasteiger partial charge >= 0.3 is 0 Å². The van der Waals surface area contributed by atoms with E-state index in [1.165, 1.54) is 6.42 Å². The molecule has 1 aromatic heterocycles. The van der Waals surface area contributed by atoms with Gasteiger partial charge in [0.15, 0.2) is 11.8 Å². The van der Waals surface area contributed by atoms with Crippen LogP contribution in [0.25, 0.3) is 0 Å². The summed E-state index contributed by atoms with van der Waals surface area (Å²) in [5.74, 6) is 2.57. The quantitative estimate of drug-likeness (QED) is 0.601. The maximum absolute atomic E-state index is 5.95. The van der Waals surface area contributed by atoms with Crippen molar-refractivity contribution in [3.05, 3.63) is 11.6 Å². The van der Waals surface area contributed by atoms with Gasteiger partial charge in [0.1, 0.15) is 12.4 Å². The van der Waals surface area contributed by atoms with Crippen molar-refractivity contribution in [2.24, 2.45) is 12.0 Å². The Morgan fingerprint density at radius 3 is 2.88 bits per heavy atom. The number of hydrogen-bond donors (Lipinski definition) is 2. The van der Waals surface area contributed by atoms with Crippen molar-refractivity contribution in [3.8, 4) is 0 Å². The summed E-state index contributed by atoms with van der Waals surface area (Å²) in [7, 11) is 1.97. The molecule has 4 rings (SSSR count). The fourth-order valence-electron chi connectivity index (χ4n) is 3.87. The first kappa shape index (κ1) is 16.8. The second-order valence-electron chi connectivity index (χ2n) is 7.26. The molecule has 4 heterocycles. The number of guanidine groups is 1. The summed E-state index contributed by atoms with van der Waals surface area (Å²) in [5.41, 5.74) is 0. The van der Waals surface area contributed by atoms with Gasteiger partial charge in [-0.3, -0.25) is 0 Å². The van der Waals surface area contributed by atoms with Crippen LogP contribution in [-0.2, 0) is 23.1 Å². The van der Waals surface area contributed by atoms with E-state index in [0.29, 0.717) is 24.8 Å². The van der Waals surface area contributed by atoms with E-state index in [9.17, 15) is 0 Å². The fraction of sp³-hybridized carbons (Fsp3) is 0.824. The van der Waals surface area contributed by atoms with Crippen LogP contribution in [0.2, 0.25) is 0 Å². The van der Waals surface area contributed by atoms with Crippen LogP contribution in [0, 0.1) is 6.92 Å². The van der Waals surface area contributed by atoms with Crippen LogP contribution < -0.4 is 10.6 Å². The molecule has 0 amide bonds. The Balaban J connectivity index is 1.40. The van der Waals surface area contributed by atoms with Crippen LogP contribution >= 0.6 is 0 Å². The molecule has 3 saturated heterocycles. The van der Waals surface area contributed by atoms with E-state index in [1.54, 1.807) is 0 Å². The van der Waals surface area contributed by atoms with Gasteiger partial charge in [-0.15, -0.1) is 10.2 Å². The zero-order valence-corrected chi connectivity index (χ0v) is 15.1. The average Bonchev–Trinajstić information content (AvgIpc) is 3.38. The van der Waals surface area contributed by atoms with Crippen molar-refractivity contribution in [1.29, 1.82) is 0 Å². The third kappa shape index (κ3) is 3.79. The Morgan fingerprint density at radius 2 is 2.24 bits per heavy atom. The minimum atomic E-state index is 0.278. The lowest BCUT2D eigenvalue weighted by molar-refractivity contribution is 0.0990. The second kappa shape index (κ2) is 7.29. The van der Waals surface area contributed by atoms with E-state index in [-0.39, 0.29) is 6.10 Å². The number of rotatable bonds is 5. The van der Waals surface area contributed by atoms with Crippen molar-refractivity contribution in [2.75, 3.05) is 13.2 Å². The first-order chi connectivity index (χ1) is 12.2. The van der Waals surface area contributed by atoms with Gasteiger partial charge in [-0.05, 0) is 39.0 Å². The van der Waals surface area contributed by atoms with Gasteiger partial charge in [-0.2, -0.15) is 0 Å². The highest BCUT2D eigenvalue weighted by molar-refractivity contribution is 5.80. The normalized spacial score (nSPS) is 31.7. The molecule has 2 bridgehead atoms. The Kier molecular flexibility index (Phi) is 4.89. The molecule has 25 heavy (non-hydrogen) atoms. The monoisotopic (exact) mass is 348 g/mol. The summed E-state index contributed by atoms with van der Waals surface area (Å²) in [6, 6.07) is 0.343. The first-order valence-electron chi connectivity index (χ1n) is 9.36. The Morgan fingerprint density at radius 1 is 1.32 bits per heavy atom. The highest BCUT2D eigenvalue weighted by atomic mass is 16.5. The molecule has 3 aliphatic heterocycles. The number of aryl methyl sites for hydroxylation is 1. The molecule has 4 unspecified atom stereocenters. The van der Waals surface area contributed by atoms with Crippen LogP contribution in [-0.4, -0.2) is 58.2 Å². The highest BCUT2D eigenvalue weighted by Crippen LogP contribution is 2.34. The van der Waals surface area contributed by atoms with Crippen LogP contribution in [0.1, 0.15) is 43.8 Å². The SMILES string of the molecule is Cc1nnc(CN=C(NCC2CCCO2)NC2CC3CCC2O3)n1C. The number of ether oxygens (including phenoxy) is 2. The fourth-order valence-corrected chi connectivity index (χ4v) is 3.87. The van der Waals surface area contributed by atoms with Gasteiger partial charge < -0.3 is 24.7 Å². The molecular formula is C17H28N6O2. The van der Waals surface area contributed by atoms with E-state index in [1.807, 2.05) is 18.5 Å². The molecular weight excluding hydrogens is 320 g/mol. The zero-order chi connectivity index (χ0) is 17.2. The molecule has 138 valence electrons. The van der Waals surface area contributed by atoms with E-state index >= 15 is 0 Å². The van der Waals surface area contributed by atoms with Crippen molar-refractivity contribution in [3.63, 3.8) is 0 Å². The molecule has 0 radical (unpaired) electrons. The maximum Gasteiger partial charge on any atom is 0.192 e. The Labute approximate surface area is 148 Å². The van der Waals surface area contributed by atoms with Crippen LogP contribution in [0.5, 0.6) is 0 Å². The molecule has 1 aromatic rings. The molecule has 2 N–H and O–H groups in total. The van der Waals surface area contributed by atoms with Gasteiger partial charge in [-0.1, -0.05) is 0 Å². The van der Waals surface area contributed by atoms with Gasteiger partial charge in [-0.25, -0.2) is 4.99 Å². The Hall–Kier alpha value is -1.67. The van der Waals surface area contributed by atoms with Gasteiger partial charge in [0.2, 0.25) is 0 Å². The first-order valence-corrected chi connectivity index (χ1v) is 9.36. The number of aliphatic imine (C=N–C) groups is 1. The number of aromatic nitrogens is 3. The minimum absolute atomic E-state index is 0.278. The number of fused-ring (bicyclic) bond motifs is 2. The van der Waals surface area contributed by atoms with Crippen molar-refractivity contribution in [2.45, 2.75) is 69.9 Å². The standard InChI is InChI=1S/C17H28N6O2/c1-11-21-22-16(23(11)2)10-19-17(18-9-13-4-3-7-24-13)20-14-8-12-5-6-15(14)25-12/h12-15H,3-10H2,1-2H3,(H2,18,19,20). The third-order valence-corrected chi connectivity index (χ3v) is 5.51. The molecule has 8 nitrogen and oxygen atoms in total. The summed E-state index contributed by atoms with van der Waals surface area (Å²) in [4.78, 5) is 4.74. The predicted molar refractivity (Wildman–Crippen MR) is 93.3 cm³/mol. The smallest absolute Gasteiger partial charge is 0.192 e. The topological polar surface area (TPSA) is 85.6 Å². The number of nitrogens with zero attached hydrogens (tertiary/aromatic N) is 4. The minimum Gasteiger partial charge on any atom is -0.376 e. The molecule has 3 aliphatic rings. The number of hydrogen-bond acceptors (Lipinski definition) is 5. The van der Waals surface area contributed by atoms with Gasteiger partial charge in [0, 0.05) is 20.2 Å². The third-order valence-electron chi connectivity index (χ3n) is 5.51. The lowest BCUT2D eigenvalue weighted by Crippen LogP contribution is -2.49. The summed E-state index contributed by atoms with van der Waals surface area (Å²) >= 11 is 0. The van der Waals surface area contributed by atoms with E-state index in [4.69, 9.17) is 14.5 Å². The number of nitrogens with one attached hydrogen (secondary N) is 2. The largest absolute Gasteiger partial charge is 0.376 e. The molecule has 8 heteroatoms. The molecule has 0 spiro atoms. The lowest BCUT2D eigenvalue weighted by Gasteiger charge is -2.23. The van der Waals surface area contributed by atoms with E-state index in [2.05, 4.69) is 20.8 Å². The molecule has 0 aromatic carbocycles. The predicted octanol–water partition coefficient (Wildman–Crippen LogP) is 0.658. The van der Waals surface area contributed by atoms with Crippen molar-refractivity contribution >= 4 is 5.96 Å². The maximum atomic E-state index is 5.95. The molecule has 3 fully saturated rings. The van der Waals surface area contributed by atoms with Gasteiger partial charge in [0.05, 0.1) is 24.4 Å². The zero-order valence-electron chi connectivity index (χ0n) is 15.1. The highest BCUT2D eigenvalue weighted by Gasteiger charge is 2.41. The summed E-state index contributed by atoms with van der Waals surface area (Å²) < 4.78 is 13.6. The van der Waals surface area contributed by atoms with Crippen LogP contribution in [0.15, 0.2) is 4.99 Å². The van der Waals surface area contributed by atoms with E-state index < -0.39 is 0 Å². The summed E-state index contributed by atoms with van der Waals surface area (Å²) in [6.07, 6.45) is 6.67. The second-order valence-corrected chi connectivity index (χ2v) is 7.26. The van der Waals surface area contributed by atoms with Crippen molar-refractivity contribution in [1.82, 2.24) is 25.4 Å². The van der Waals surface area contributed by atoms with Crippen molar-refractivity contribution < 1.29 is 9.47 Å². The summed E-state index contributed by atoms with van der Waals surface area (Å²) in [5, 5.41) is 15.3. The van der Waals surface area contributed by atoms with Crippen LogP contribution in [0.4, 0.5) is 0 Å². The van der Waals surface area contributed by atoms with Crippen LogP contribution in [0.3, 0.4) is 0 Å². The average molecular weight is 348 g/mol. The summed E-state index contributed by atoms with van der Waals surface area (Å²) in [6.45, 7) is 4.09. The molecule has 0 aliphatic carbocycles. The molecule has 0 saturated carbocycles. The molecule has 4 atom stereocenters. The Bertz CT molecular complexity index is 625. The van der Waals surface area contributed by atoms with Gasteiger partial charge in [0.25, 0.3) is 0 Å². The lowest BCUT2D eigenvalue weighted by atomic mass is 9.96.